The van der Waals surface area contributed by atoms with Crippen molar-refractivity contribution >= 4 is 5.69 Å². The van der Waals surface area contributed by atoms with Gasteiger partial charge >= 0.3 is 0 Å². The summed E-state index contributed by atoms with van der Waals surface area (Å²) in [5, 5.41) is 3.66. The van der Waals surface area contributed by atoms with Gasteiger partial charge in [-0.25, -0.2) is 0 Å². The summed E-state index contributed by atoms with van der Waals surface area (Å²) < 4.78 is 0. The summed E-state index contributed by atoms with van der Waals surface area (Å²) in [6.07, 6.45) is 8.26. The average molecular weight is 272 g/mol. The van der Waals surface area contributed by atoms with Crippen LogP contribution in [0.1, 0.15) is 51.0 Å². The highest BCUT2D eigenvalue weighted by Crippen LogP contribution is 2.32. The SMILES string of the molecule is CC1CCCCC1N(C)c1ccccc1CNC1CC1. The molecular formula is C18H28N2. The molecule has 0 aromatic heterocycles. The Morgan fingerprint density at radius 1 is 1.10 bits per heavy atom. The minimum atomic E-state index is 0.714. The number of nitrogens with one attached hydrogen (secondary N) is 1. The first-order chi connectivity index (χ1) is 9.75. The normalized spacial score (nSPS) is 26.5. The summed E-state index contributed by atoms with van der Waals surface area (Å²) in [7, 11) is 2.29. The van der Waals surface area contributed by atoms with E-state index in [-0.39, 0.29) is 0 Å². The Balaban J connectivity index is 1.73. The second-order valence-corrected chi connectivity index (χ2v) is 6.72. The fourth-order valence-electron chi connectivity index (χ4n) is 3.60. The van der Waals surface area contributed by atoms with Crippen molar-refractivity contribution in [1.29, 1.82) is 0 Å². The van der Waals surface area contributed by atoms with Crippen LogP contribution in [0.5, 0.6) is 0 Å². The van der Waals surface area contributed by atoms with Gasteiger partial charge in [-0.15, -0.1) is 0 Å². The lowest BCUT2D eigenvalue weighted by Gasteiger charge is -2.38. The molecule has 0 spiro atoms. The largest absolute Gasteiger partial charge is 0.371 e. The summed E-state index contributed by atoms with van der Waals surface area (Å²) in [6, 6.07) is 10.4. The van der Waals surface area contributed by atoms with Crippen LogP contribution >= 0.6 is 0 Å². The van der Waals surface area contributed by atoms with Crippen LogP contribution in [0, 0.1) is 5.92 Å². The van der Waals surface area contributed by atoms with E-state index in [1.165, 1.54) is 49.8 Å². The number of anilines is 1. The summed E-state index contributed by atoms with van der Waals surface area (Å²) in [5.41, 5.74) is 2.89. The zero-order chi connectivity index (χ0) is 13.9. The van der Waals surface area contributed by atoms with E-state index < -0.39 is 0 Å². The third kappa shape index (κ3) is 3.17. The molecule has 110 valence electrons. The third-order valence-corrected chi connectivity index (χ3v) is 5.09. The Morgan fingerprint density at radius 2 is 1.85 bits per heavy atom. The third-order valence-electron chi connectivity index (χ3n) is 5.09. The van der Waals surface area contributed by atoms with Crippen molar-refractivity contribution in [2.45, 2.75) is 64.1 Å². The predicted molar refractivity (Wildman–Crippen MR) is 86.1 cm³/mol. The molecule has 1 aromatic carbocycles. The van der Waals surface area contributed by atoms with Crippen molar-refractivity contribution in [3.63, 3.8) is 0 Å². The fourth-order valence-corrected chi connectivity index (χ4v) is 3.60. The highest BCUT2D eigenvalue weighted by atomic mass is 15.1. The molecule has 1 aromatic rings. The van der Waals surface area contributed by atoms with Crippen LogP contribution in [-0.4, -0.2) is 19.1 Å². The van der Waals surface area contributed by atoms with E-state index in [2.05, 4.69) is 48.5 Å². The quantitative estimate of drug-likeness (QED) is 0.873. The van der Waals surface area contributed by atoms with Gasteiger partial charge in [0.25, 0.3) is 0 Å². The number of rotatable bonds is 5. The standard InChI is InChI=1S/C18H28N2/c1-14-7-3-5-9-17(14)20(2)18-10-6-4-8-15(18)13-19-16-11-12-16/h4,6,8,10,14,16-17,19H,3,5,7,9,11-13H2,1-2H3. The maximum Gasteiger partial charge on any atom is 0.0411 e. The van der Waals surface area contributed by atoms with E-state index in [4.69, 9.17) is 0 Å². The first-order valence-corrected chi connectivity index (χ1v) is 8.30. The predicted octanol–water partition coefficient (Wildman–Crippen LogP) is 3.95. The molecule has 0 amide bonds. The Hall–Kier alpha value is -1.02. The molecule has 1 N–H and O–H groups in total. The van der Waals surface area contributed by atoms with Gasteiger partial charge in [0.2, 0.25) is 0 Å². The molecule has 0 heterocycles. The van der Waals surface area contributed by atoms with Crippen molar-refractivity contribution in [3.8, 4) is 0 Å². The van der Waals surface area contributed by atoms with Crippen LogP contribution in [0.2, 0.25) is 0 Å². The van der Waals surface area contributed by atoms with Crippen molar-refractivity contribution in [2.24, 2.45) is 5.92 Å². The summed E-state index contributed by atoms with van der Waals surface area (Å²) in [5.74, 6) is 0.818. The van der Waals surface area contributed by atoms with Crippen molar-refractivity contribution in [2.75, 3.05) is 11.9 Å². The average Bonchev–Trinajstić information content (AvgIpc) is 3.29. The van der Waals surface area contributed by atoms with Crippen LogP contribution in [0.15, 0.2) is 24.3 Å². The molecule has 2 heteroatoms. The molecule has 2 saturated carbocycles. The molecule has 0 saturated heterocycles. The first-order valence-electron chi connectivity index (χ1n) is 8.30. The van der Waals surface area contributed by atoms with Gasteiger partial charge in [0.15, 0.2) is 0 Å². The van der Waals surface area contributed by atoms with Crippen LogP contribution in [-0.2, 0) is 6.54 Å². The van der Waals surface area contributed by atoms with Gasteiger partial charge < -0.3 is 10.2 Å². The molecule has 0 bridgehead atoms. The number of nitrogens with zero attached hydrogens (tertiary/aromatic N) is 1. The van der Waals surface area contributed by atoms with Gasteiger partial charge in [-0.05, 0) is 43.2 Å². The van der Waals surface area contributed by atoms with Crippen LogP contribution in [0.4, 0.5) is 5.69 Å². The molecule has 3 rings (SSSR count). The number of hydrogen-bond acceptors (Lipinski definition) is 2. The van der Waals surface area contributed by atoms with E-state index in [0.29, 0.717) is 6.04 Å². The zero-order valence-electron chi connectivity index (χ0n) is 12.9. The smallest absolute Gasteiger partial charge is 0.0411 e. The molecule has 2 fully saturated rings. The van der Waals surface area contributed by atoms with Crippen LogP contribution in [0.25, 0.3) is 0 Å². The lowest BCUT2D eigenvalue weighted by molar-refractivity contribution is 0.321. The van der Waals surface area contributed by atoms with Gasteiger partial charge in [-0.3, -0.25) is 0 Å². The van der Waals surface area contributed by atoms with Gasteiger partial charge in [0.1, 0.15) is 0 Å². The molecular weight excluding hydrogens is 244 g/mol. The Kier molecular flexibility index (Phi) is 4.30. The maximum atomic E-state index is 3.66. The summed E-state index contributed by atoms with van der Waals surface area (Å²) >= 11 is 0. The highest BCUT2D eigenvalue weighted by Gasteiger charge is 2.26. The second-order valence-electron chi connectivity index (χ2n) is 6.72. The topological polar surface area (TPSA) is 15.3 Å². The van der Waals surface area contributed by atoms with E-state index in [1.54, 1.807) is 0 Å². The molecule has 2 unspecified atom stereocenters. The van der Waals surface area contributed by atoms with Gasteiger partial charge in [0.05, 0.1) is 0 Å². The number of para-hydroxylation sites is 1. The minimum absolute atomic E-state index is 0.714. The Bertz CT molecular complexity index is 439. The van der Waals surface area contributed by atoms with E-state index in [0.717, 1.165) is 18.5 Å². The molecule has 20 heavy (non-hydrogen) atoms. The van der Waals surface area contributed by atoms with E-state index in [1.807, 2.05) is 0 Å². The van der Waals surface area contributed by atoms with Crippen LogP contribution < -0.4 is 10.2 Å². The number of hydrogen-bond donors (Lipinski definition) is 1. The van der Waals surface area contributed by atoms with Gasteiger partial charge in [0, 0.05) is 31.4 Å². The number of benzene rings is 1. The minimum Gasteiger partial charge on any atom is -0.371 e. The first kappa shape index (κ1) is 13.9. The molecule has 2 aliphatic carbocycles. The van der Waals surface area contributed by atoms with E-state index in [9.17, 15) is 0 Å². The highest BCUT2D eigenvalue weighted by molar-refractivity contribution is 5.54. The van der Waals surface area contributed by atoms with Crippen molar-refractivity contribution < 1.29 is 0 Å². The summed E-state index contributed by atoms with van der Waals surface area (Å²) in [6.45, 7) is 3.44. The molecule has 0 aliphatic heterocycles. The van der Waals surface area contributed by atoms with Crippen molar-refractivity contribution in [1.82, 2.24) is 5.32 Å². The van der Waals surface area contributed by atoms with Gasteiger partial charge in [-0.1, -0.05) is 38.0 Å². The monoisotopic (exact) mass is 272 g/mol. The molecule has 2 aliphatic rings. The molecule has 0 radical (unpaired) electrons. The van der Waals surface area contributed by atoms with Crippen LogP contribution in [0.3, 0.4) is 0 Å². The Labute approximate surface area is 123 Å². The second kappa shape index (κ2) is 6.17. The molecule has 2 nitrogen and oxygen atoms in total. The maximum absolute atomic E-state index is 3.66. The van der Waals surface area contributed by atoms with Crippen molar-refractivity contribution in [3.05, 3.63) is 29.8 Å². The van der Waals surface area contributed by atoms with E-state index >= 15 is 0 Å². The Morgan fingerprint density at radius 3 is 2.60 bits per heavy atom. The van der Waals surface area contributed by atoms with Gasteiger partial charge in [-0.2, -0.15) is 0 Å². The molecule has 2 atom stereocenters. The summed E-state index contributed by atoms with van der Waals surface area (Å²) in [4.78, 5) is 2.55. The lowest BCUT2D eigenvalue weighted by atomic mass is 9.84. The lowest BCUT2D eigenvalue weighted by Crippen LogP contribution is -2.39. The fraction of sp³-hybridized carbons (Fsp3) is 0.667. The zero-order valence-corrected chi connectivity index (χ0v) is 12.9.